The van der Waals surface area contributed by atoms with E-state index in [1.165, 1.54) is 6.20 Å². The first-order valence-corrected chi connectivity index (χ1v) is 7.74. The molecule has 0 spiro atoms. The molecule has 108 valence electrons. The fourth-order valence-electron chi connectivity index (χ4n) is 1.73. The summed E-state index contributed by atoms with van der Waals surface area (Å²) in [5.41, 5.74) is 1.90. The molecule has 3 nitrogen and oxygen atoms in total. The van der Waals surface area contributed by atoms with Crippen LogP contribution in [0.1, 0.15) is 16.1 Å². The van der Waals surface area contributed by atoms with Crippen molar-refractivity contribution in [3.63, 3.8) is 0 Å². The number of nitrogens with zero attached hydrogens (tertiary/aromatic N) is 1. The molecule has 0 bridgehead atoms. The summed E-state index contributed by atoms with van der Waals surface area (Å²) in [6, 6.07) is 9.30. The number of hydrogen-bond acceptors (Lipinski definition) is 3. The Bertz CT molecular complexity index is 673. The van der Waals surface area contributed by atoms with E-state index in [1.807, 2.05) is 37.3 Å². The van der Waals surface area contributed by atoms with Gasteiger partial charge in [-0.05, 0) is 25.1 Å². The summed E-state index contributed by atoms with van der Waals surface area (Å²) in [6.45, 7) is 5.53. The molecule has 0 aliphatic carbocycles. The van der Waals surface area contributed by atoms with Gasteiger partial charge >= 0.3 is 0 Å². The van der Waals surface area contributed by atoms with Gasteiger partial charge in [-0.3, -0.25) is 9.78 Å². The molecule has 0 saturated heterocycles. The highest BCUT2D eigenvalue weighted by Gasteiger charge is 2.13. The Morgan fingerprint density at radius 3 is 2.95 bits per heavy atom. The smallest absolute Gasteiger partial charge is 0.258 e. The van der Waals surface area contributed by atoms with Gasteiger partial charge in [-0.2, -0.15) is 0 Å². The number of hydrogen-bond donors (Lipinski definition) is 1. The lowest BCUT2D eigenvalue weighted by Crippen LogP contribution is -2.13. The predicted octanol–water partition coefficient (Wildman–Crippen LogP) is 4.57. The average molecular weight is 319 g/mol. The SMILES string of the molecule is C=CCSc1ccccc1NC(=O)c1cnc(C)cc1Cl. The Hall–Kier alpha value is -1.78. The van der Waals surface area contributed by atoms with Crippen LogP contribution in [-0.2, 0) is 0 Å². The highest BCUT2D eigenvalue weighted by Crippen LogP contribution is 2.28. The van der Waals surface area contributed by atoms with Crippen LogP contribution in [0.5, 0.6) is 0 Å². The van der Waals surface area contributed by atoms with Gasteiger partial charge in [0.2, 0.25) is 0 Å². The van der Waals surface area contributed by atoms with Crippen molar-refractivity contribution in [3.05, 3.63) is 65.5 Å². The quantitative estimate of drug-likeness (QED) is 0.648. The summed E-state index contributed by atoms with van der Waals surface area (Å²) in [5.74, 6) is 0.513. The first-order valence-electron chi connectivity index (χ1n) is 6.38. The van der Waals surface area contributed by atoms with Crippen LogP contribution in [0.15, 0.2) is 54.1 Å². The van der Waals surface area contributed by atoms with Crippen molar-refractivity contribution in [2.75, 3.05) is 11.1 Å². The van der Waals surface area contributed by atoms with E-state index in [-0.39, 0.29) is 5.91 Å². The number of aryl methyl sites for hydroxylation is 1. The van der Waals surface area contributed by atoms with Crippen molar-refractivity contribution >= 4 is 35.0 Å². The molecule has 0 saturated carbocycles. The largest absolute Gasteiger partial charge is 0.321 e. The third-order valence-electron chi connectivity index (χ3n) is 2.73. The first-order chi connectivity index (χ1) is 10.1. The maximum atomic E-state index is 12.3. The Balaban J connectivity index is 2.21. The summed E-state index contributed by atoms with van der Waals surface area (Å²) in [4.78, 5) is 17.4. The first kappa shape index (κ1) is 15.6. The number of halogens is 1. The van der Waals surface area contributed by atoms with E-state index in [9.17, 15) is 4.79 Å². The van der Waals surface area contributed by atoms with E-state index >= 15 is 0 Å². The van der Waals surface area contributed by atoms with Crippen molar-refractivity contribution in [1.82, 2.24) is 4.98 Å². The van der Waals surface area contributed by atoms with Gasteiger partial charge < -0.3 is 5.32 Å². The number of thioether (sulfide) groups is 1. The fraction of sp³-hybridized carbons (Fsp3) is 0.125. The molecule has 0 atom stereocenters. The van der Waals surface area contributed by atoms with Crippen LogP contribution < -0.4 is 5.32 Å². The summed E-state index contributed by atoms with van der Waals surface area (Å²) in [5, 5.41) is 3.28. The standard InChI is InChI=1S/C16H15ClN2OS/c1-3-8-21-15-7-5-4-6-14(15)19-16(20)12-10-18-11(2)9-13(12)17/h3-7,9-10H,1,8H2,2H3,(H,19,20). The van der Waals surface area contributed by atoms with Crippen molar-refractivity contribution in [2.24, 2.45) is 0 Å². The Morgan fingerprint density at radius 1 is 1.48 bits per heavy atom. The number of aromatic nitrogens is 1. The van der Waals surface area contributed by atoms with Gasteiger partial charge in [0.05, 0.1) is 16.3 Å². The second-order valence-electron chi connectivity index (χ2n) is 4.36. The molecule has 1 aromatic heterocycles. The Labute approximate surface area is 133 Å². The van der Waals surface area contributed by atoms with Crippen LogP contribution >= 0.6 is 23.4 Å². The maximum Gasteiger partial charge on any atom is 0.258 e. The lowest BCUT2D eigenvalue weighted by atomic mass is 10.2. The lowest BCUT2D eigenvalue weighted by molar-refractivity contribution is 0.102. The van der Waals surface area contributed by atoms with Crippen LogP contribution in [0.4, 0.5) is 5.69 Å². The zero-order valence-electron chi connectivity index (χ0n) is 11.6. The van der Waals surface area contributed by atoms with Gasteiger partial charge in [-0.1, -0.05) is 29.8 Å². The number of nitrogens with one attached hydrogen (secondary N) is 1. The molecule has 5 heteroatoms. The van der Waals surface area contributed by atoms with Crippen LogP contribution in [0.2, 0.25) is 5.02 Å². The lowest BCUT2D eigenvalue weighted by Gasteiger charge is -2.11. The normalized spacial score (nSPS) is 10.2. The maximum absolute atomic E-state index is 12.3. The summed E-state index contributed by atoms with van der Waals surface area (Å²) in [6.07, 6.45) is 3.32. The molecule has 0 fully saturated rings. The molecule has 1 heterocycles. The van der Waals surface area contributed by atoms with E-state index in [0.717, 1.165) is 22.0 Å². The Kier molecular flexibility index (Phi) is 5.42. The zero-order valence-corrected chi connectivity index (χ0v) is 13.2. The molecular formula is C16H15ClN2OS. The van der Waals surface area contributed by atoms with Crippen molar-refractivity contribution in [3.8, 4) is 0 Å². The van der Waals surface area contributed by atoms with E-state index in [0.29, 0.717) is 10.6 Å². The second kappa shape index (κ2) is 7.29. The molecule has 0 aliphatic rings. The van der Waals surface area contributed by atoms with E-state index in [2.05, 4.69) is 16.9 Å². The number of para-hydroxylation sites is 1. The van der Waals surface area contributed by atoms with Gasteiger partial charge in [-0.25, -0.2) is 0 Å². The van der Waals surface area contributed by atoms with Gasteiger partial charge in [0.25, 0.3) is 5.91 Å². The number of benzene rings is 1. The minimum Gasteiger partial charge on any atom is -0.321 e. The molecule has 1 amide bonds. The van der Waals surface area contributed by atoms with E-state index < -0.39 is 0 Å². The summed E-state index contributed by atoms with van der Waals surface area (Å²) in [7, 11) is 0. The number of pyridine rings is 1. The van der Waals surface area contributed by atoms with Crippen LogP contribution in [0, 0.1) is 6.92 Å². The van der Waals surface area contributed by atoms with Gasteiger partial charge in [0, 0.05) is 22.5 Å². The number of amides is 1. The highest BCUT2D eigenvalue weighted by molar-refractivity contribution is 7.99. The summed E-state index contributed by atoms with van der Waals surface area (Å²) < 4.78 is 0. The van der Waals surface area contributed by atoms with Gasteiger partial charge in [0.15, 0.2) is 0 Å². The number of anilines is 1. The van der Waals surface area contributed by atoms with Crippen molar-refractivity contribution < 1.29 is 4.79 Å². The zero-order chi connectivity index (χ0) is 15.2. The molecule has 1 aromatic carbocycles. The van der Waals surface area contributed by atoms with Crippen molar-refractivity contribution in [2.45, 2.75) is 11.8 Å². The van der Waals surface area contributed by atoms with Gasteiger partial charge in [0.1, 0.15) is 0 Å². The van der Waals surface area contributed by atoms with Gasteiger partial charge in [-0.15, -0.1) is 18.3 Å². The summed E-state index contributed by atoms with van der Waals surface area (Å²) >= 11 is 7.70. The number of carbonyl (C=O) groups excluding carboxylic acids is 1. The molecule has 0 aliphatic heterocycles. The number of rotatable bonds is 5. The topological polar surface area (TPSA) is 42.0 Å². The Morgan fingerprint density at radius 2 is 2.24 bits per heavy atom. The highest BCUT2D eigenvalue weighted by atomic mass is 35.5. The van der Waals surface area contributed by atoms with Crippen LogP contribution in [0.25, 0.3) is 0 Å². The fourth-order valence-corrected chi connectivity index (χ4v) is 2.77. The average Bonchev–Trinajstić information content (AvgIpc) is 2.46. The third kappa shape index (κ3) is 4.09. The third-order valence-corrected chi connectivity index (χ3v) is 4.11. The number of carbonyl (C=O) groups is 1. The molecule has 1 N–H and O–H groups in total. The molecule has 2 rings (SSSR count). The van der Waals surface area contributed by atoms with E-state index in [4.69, 9.17) is 11.6 Å². The molecule has 0 radical (unpaired) electrons. The molecular weight excluding hydrogens is 304 g/mol. The van der Waals surface area contributed by atoms with Crippen LogP contribution in [-0.4, -0.2) is 16.6 Å². The minimum atomic E-state index is -0.265. The predicted molar refractivity (Wildman–Crippen MR) is 89.3 cm³/mol. The van der Waals surface area contributed by atoms with E-state index in [1.54, 1.807) is 17.8 Å². The molecule has 2 aromatic rings. The van der Waals surface area contributed by atoms with Crippen LogP contribution in [0.3, 0.4) is 0 Å². The molecule has 21 heavy (non-hydrogen) atoms. The van der Waals surface area contributed by atoms with Crippen molar-refractivity contribution in [1.29, 1.82) is 0 Å². The minimum absolute atomic E-state index is 0.265. The molecule has 0 unspecified atom stereocenters. The second-order valence-corrected chi connectivity index (χ2v) is 5.82. The monoisotopic (exact) mass is 318 g/mol.